The van der Waals surface area contributed by atoms with E-state index in [1.165, 1.54) is 0 Å². The zero-order chi connectivity index (χ0) is 12.4. The number of hydrogen-bond acceptors (Lipinski definition) is 4. The molecule has 0 aliphatic carbocycles. The molecule has 4 heteroatoms. The summed E-state index contributed by atoms with van der Waals surface area (Å²) in [5, 5.41) is 1.03. The van der Waals surface area contributed by atoms with Crippen molar-refractivity contribution in [2.24, 2.45) is 0 Å². The van der Waals surface area contributed by atoms with Crippen LogP contribution in [0.2, 0.25) is 0 Å². The maximum Gasteiger partial charge on any atom is 0.153 e. The molecule has 0 amide bonds. The summed E-state index contributed by atoms with van der Waals surface area (Å²) in [6.07, 6.45) is 4.88. The number of para-hydroxylation sites is 1. The third kappa shape index (κ3) is 1.96. The Morgan fingerprint density at radius 3 is 2.83 bits per heavy atom. The average Bonchev–Trinajstić information content (AvgIpc) is 2.41. The number of nitrogens with zero attached hydrogens (tertiary/aromatic N) is 2. The highest BCUT2D eigenvalue weighted by Crippen LogP contribution is 2.27. The number of ether oxygens (including phenoxy) is 1. The predicted octanol–water partition coefficient (Wildman–Crippen LogP) is 3.00. The molecule has 0 radical (unpaired) electrons. The lowest BCUT2D eigenvalue weighted by molar-refractivity contribution is 0.483. The van der Waals surface area contributed by atoms with Crippen molar-refractivity contribution >= 4 is 16.6 Å². The van der Waals surface area contributed by atoms with E-state index in [-0.39, 0.29) is 0 Å². The molecule has 1 aromatic carbocycles. The summed E-state index contributed by atoms with van der Waals surface area (Å²) in [6.45, 7) is 0. The van der Waals surface area contributed by atoms with Gasteiger partial charge in [0, 0.05) is 17.6 Å². The first-order valence-electron chi connectivity index (χ1n) is 5.55. The summed E-state index contributed by atoms with van der Waals surface area (Å²) in [7, 11) is 0. The quantitative estimate of drug-likeness (QED) is 0.744. The van der Waals surface area contributed by atoms with Gasteiger partial charge in [-0.1, -0.05) is 18.2 Å². The lowest BCUT2D eigenvalue weighted by atomic mass is 10.2. The number of pyridine rings is 2. The van der Waals surface area contributed by atoms with Crippen LogP contribution >= 0.6 is 0 Å². The molecule has 2 aromatic heterocycles. The molecule has 0 aliphatic heterocycles. The van der Waals surface area contributed by atoms with E-state index in [2.05, 4.69) is 9.97 Å². The van der Waals surface area contributed by atoms with Crippen LogP contribution in [0.15, 0.2) is 55.0 Å². The Kier molecular flexibility index (Phi) is 2.53. The van der Waals surface area contributed by atoms with Gasteiger partial charge in [0.25, 0.3) is 0 Å². The minimum Gasteiger partial charge on any atom is -0.453 e. The molecule has 88 valence electrons. The Morgan fingerprint density at radius 2 is 1.94 bits per heavy atom. The Hall–Kier alpha value is -2.62. The van der Waals surface area contributed by atoms with Gasteiger partial charge in [-0.05, 0) is 12.1 Å². The number of fused-ring (bicyclic) bond motifs is 1. The fourth-order valence-electron chi connectivity index (χ4n) is 1.72. The first-order valence-corrected chi connectivity index (χ1v) is 5.55. The van der Waals surface area contributed by atoms with Crippen LogP contribution < -0.4 is 10.5 Å². The highest BCUT2D eigenvalue weighted by molar-refractivity contribution is 5.79. The van der Waals surface area contributed by atoms with Crippen LogP contribution in [0.3, 0.4) is 0 Å². The van der Waals surface area contributed by atoms with Crippen molar-refractivity contribution in [3.05, 3.63) is 55.0 Å². The maximum atomic E-state index is 5.77. The van der Waals surface area contributed by atoms with Crippen LogP contribution in [0.25, 0.3) is 10.9 Å². The van der Waals surface area contributed by atoms with Crippen LogP contribution in [-0.4, -0.2) is 9.97 Å². The van der Waals surface area contributed by atoms with Crippen LogP contribution in [0.1, 0.15) is 0 Å². The first kappa shape index (κ1) is 10.5. The van der Waals surface area contributed by atoms with Gasteiger partial charge in [-0.25, -0.2) is 0 Å². The molecular formula is C14H11N3O. The van der Waals surface area contributed by atoms with E-state index in [1.54, 1.807) is 24.7 Å². The average molecular weight is 237 g/mol. The summed E-state index contributed by atoms with van der Waals surface area (Å²) < 4.78 is 5.69. The molecule has 0 spiro atoms. The van der Waals surface area contributed by atoms with Crippen molar-refractivity contribution < 1.29 is 4.74 Å². The van der Waals surface area contributed by atoms with Crippen LogP contribution in [0, 0.1) is 0 Å². The van der Waals surface area contributed by atoms with Gasteiger partial charge < -0.3 is 10.5 Å². The molecule has 2 N–H and O–H groups in total. The topological polar surface area (TPSA) is 61.0 Å². The van der Waals surface area contributed by atoms with E-state index in [1.807, 2.05) is 30.3 Å². The number of hydrogen-bond donors (Lipinski definition) is 1. The van der Waals surface area contributed by atoms with E-state index >= 15 is 0 Å². The summed E-state index contributed by atoms with van der Waals surface area (Å²) in [5.74, 6) is 1.24. The zero-order valence-electron chi connectivity index (χ0n) is 9.58. The lowest BCUT2D eigenvalue weighted by Gasteiger charge is -2.07. The molecule has 4 nitrogen and oxygen atoms in total. The van der Waals surface area contributed by atoms with Crippen molar-refractivity contribution in [1.29, 1.82) is 0 Å². The second-order valence-electron chi connectivity index (χ2n) is 3.88. The van der Waals surface area contributed by atoms with Gasteiger partial charge in [0.15, 0.2) is 5.75 Å². The summed E-state index contributed by atoms with van der Waals surface area (Å²) in [4.78, 5) is 8.24. The van der Waals surface area contributed by atoms with E-state index < -0.39 is 0 Å². The van der Waals surface area contributed by atoms with Crippen LogP contribution in [-0.2, 0) is 0 Å². The highest BCUT2D eigenvalue weighted by atomic mass is 16.5. The Morgan fingerprint density at radius 1 is 1.06 bits per heavy atom. The molecule has 0 saturated carbocycles. The van der Waals surface area contributed by atoms with E-state index in [9.17, 15) is 0 Å². The van der Waals surface area contributed by atoms with Gasteiger partial charge in [0.05, 0.1) is 23.6 Å². The first-order chi connectivity index (χ1) is 8.83. The number of nitrogen functional groups attached to an aromatic ring is 1. The number of nitrogens with two attached hydrogens (primary N) is 1. The Balaban J connectivity index is 1.98. The molecule has 2 heterocycles. The molecule has 0 atom stereocenters. The van der Waals surface area contributed by atoms with Crippen molar-refractivity contribution in [2.75, 3.05) is 5.73 Å². The standard InChI is InChI=1S/C14H11N3O/c15-12-9-16-6-5-14(12)18-11-7-10-3-1-2-4-13(10)17-8-11/h1-9H,15H2. The van der Waals surface area contributed by atoms with Gasteiger partial charge in [-0.2, -0.15) is 0 Å². The minimum absolute atomic E-state index is 0.505. The number of benzene rings is 1. The Labute approximate surface area is 104 Å². The molecule has 0 bridgehead atoms. The largest absolute Gasteiger partial charge is 0.453 e. The monoisotopic (exact) mass is 237 g/mol. The van der Waals surface area contributed by atoms with Gasteiger partial charge >= 0.3 is 0 Å². The van der Waals surface area contributed by atoms with Gasteiger partial charge in [0.1, 0.15) is 5.75 Å². The highest BCUT2D eigenvalue weighted by Gasteiger charge is 2.03. The van der Waals surface area contributed by atoms with E-state index in [0.717, 1.165) is 10.9 Å². The smallest absolute Gasteiger partial charge is 0.153 e. The van der Waals surface area contributed by atoms with Crippen LogP contribution in [0.4, 0.5) is 5.69 Å². The van der Waals surface area contributed by atoms with Crippen molar-refractivity contribution in [3.63, 3.8) is 0 Å². The van der Waals surface area contributed by atoms with E-state index in [0.29, 0.717) is 17.2 Å². The van der Waals surface area contributed by atoms with Gasteiger partial charge in [-0.15, -0.1) is 0 Å². The van der Waals surface area contributed by atoms with Gasteiger partial charge in [-0.3, -0.25) is 9.97 Å². The van der Waals surface area contributed by atoms with Crippen LogP contribution in [0.5, 0.6) is 11.5 Å². The minimum atomic E-state index is 0.505. The maximum absolute atomic E-state index is 5.77. The van der Waals surface area contributed by atoms with Crippen molar-refractivity contribution in [1.82, 2.24) is 9.97 Å². The third-order valence-electron chi connectivity index (χ3n) is 2.60. The fourth-order valence-corrected chi connectivity index (χ4v) is 1.72. The second-order valence-corrected chi connectivity index (χ2v) is 3.88. The number of rotatable bonds is 2. The van der Waals surface area contributed by atoms with Crippen molar-refractivity contribution in [2.45, 2.75) is 0 Å². The summed E-state index contributed by atoms with van der Waals surface area (Å²) >= 11 is 0. The molecule has 0 fully saturated rings. The number of anilines is 1. The summed E-state index contributed by atoms with van der Waals surface area (Å²) in [6, 6.07) is 11.5. The normalized spacial score (nSPS) is 10.4. The predicted molar refractivity (Wildman–Crippen MR) is 70.5 cm³/mol. The molecular weight excluding hydrogens is 226 g/mol. The molecule has 0 unspecified atom stereocenters. The third-order valence-corrected chi connectivity index (χ3v) is 2.60. The molecule has 3 rings (SSSR count). The second kappa shape index (κ2) is 4.33. The molecule has 3 aromatic rings. The van der Waals surface area contributed by atoms with Crippen molar-refractivity contribution in [3.8, 4) is 11.5 Å². The Bertz CT molecular complexity index is 697. The molecule has 18 heavy (non-hydrogen) atoms. The zero-order valence-corrected chi connectivity index (χ0v) is 9.58. The number of aromatic nitrogens is 2. The fraction of sp³-hybridized carbons (Fsp3) is 0. The molecule has 0 saturated heterocycles. The van der Waals surface area contributed by atoms with E-state index in [4.69, 9.17) is 10.5 Å². The summed E-state index contributed by atoms with van der Waals surface area (Å²) in [5.41, 5.74) is 7.22. The lowest BCUT2D eigenvalue weighted by Crippen LogP contribution is -1.93. The molecule has 0 aliphatic rings. The van der Waals surface area contributed by atoms with Gasteiger partial charge in [0.2, 0.25) is 0 Å². The SMILES string of the molecule is Nc1cnccc1Oc1cnc2ccccc2c1.